The van der Waals surface area contributed by atoms with Gasteiger partial charge in [-0.3, -0.25) is 0 Å². The van der Waals surface area contributed by atoms with Gasteiger partial charge in [-0.2, -0.15) is 4.98 Å². The Bertz CT molecular complexity index is 522. The summed E-state index contributed by atoms with van der Waals surface area (Å²) in [6, 6.07) is 9.68. The summed E-state index contributed by atoms with van der Waals surface area (Å²) in [5.41, 5.74) is 6.66. The van der Waals surface area contributed by atoms with Crippen molar-refractivity contribution in [3.63, 3.8) is 0 Å². The molecule has 0 aliphatic carbocycles. The molecule has 1 unspecified atom stereocenters. The molecule has 0 aliphatic heterocycles. The highest BCUT2D eigenvalue weighted by Gasteiger charge is 2.30. The summed E-state index contributed by atoms with van der Waals surface area (Å²) in [7, 11) is 1.59. The van der Waals surface area contributed by atoms with Crippen LogP contribution in [-0.2, 0) is 10.2 Å². The van der Waals surface area contributed by atoms with E-state index in [0.717, 1.165) is 5.56 Å². The van der Waals surface area contributed by atoms with Gasteiger partial charge in [0.2, 0.25) is 5.89 Å². The summed E-state index contributed by atoms with van der Waals surface area (Å²) in [4.78, 5) is 4.39. The van der Waals surface area contributed by atoms with Crippen LogP contribution in [0.5, 0.6) is 0 Å². The summed E-state index contributed by atoms with van der Waals surface area (Å²) in [5.74, 6) is 1.03. The Kier molecular flexibility index (Phi) is 3.97. The second kappa shape index (κ2) is 5.50. The van der Waals surface area contributed by atoms with Crippen molar-refractivity contribution in [2.75, 3.05) is 13.7 Å². The average molecular weight is 261 g/mol. The summed E-state index contributed by atoms with van der Waals surface area (Å²) >= 11 is 0. The fraction of sp³-hybridized carbons (Fsp3) is 0.429. The van der Waals surface area contributed by atoms with Crippen LogP contribution in [0, 0.1) is 0 Å². The van der Waals surface area contributed by atoms with E-state index in [-0.39, 0.29) is 11.5 Å². The highest BCUT2D eigenvalue weighted by molar-refractivity contribution is 5.29. The number of nitrogens with zero attached hydrogens (tertiary/aromatic N) is 2. The predicted molar refractivity (Wildman–Crippen MR) is 71.7 cm³/mol. The van der Waals surface area contributed by atoms with E-state index in [0.29, 0.717) is 18.3 Å². The first kappa shape index (κ1) is 13.7. The van der Waals surface area contributed by atoms with Crippen LogP contribution >= 0.6 is 0 Å². The first-order valence-electron chi connectivity index (χ1n) is 6.20. The average Bonchev–Trinajstić information content (AvgIpc) is 2.90. The number of rotatable bonds is 5. The van der Waals surface area contributed by atoms with E-state index in [2.05, 4.69) is 10.1 Å². The summed E-state index contributed by atoms with van der Waals surface area (Å²) in [5, 5.41) is 3.94. The second-order valence-electron chi connectivity index (χ2n) is 5.01. The van der Waals surface area contributed by atoms with Gasteiger partial charge in [0.25, 0.3) is 0 Å². The monoisotopic (exact) mass is 261 g/mol. The Morgan fingerprint density at radius 2 is 2.00 bits per heavy atom. The first-order valence-corrected chi connectivity index (χ1v) is 6.20. The molecule has 1 aromatic carbocycles. The van der Waals surface area contributed by atoms with Crippen molar-refractivity contribution >= 4 is 0 Å². The summed E-state index contributed by atoms with van der Waals surface area (Å²) in [6.07, 6.45) is 0. The standard InChI is InChI=1S/C14H19N3O2/c1-14(2,10-7-5-4-6-8-10)13-16-12(17-19-13)11(15)9-18-3/h4-8,11H,9,15H2,1-3H3. The smallest absolute Gasteiger partial charge is 0.236 e. The first-order chi connectivity index (χ1) is 9.05. The molecule has 1 atom stereocenters. The maximum absolute atomic E-state index is 5.89. The van der Waals surface area contributed by atoms with Crippen molar-refractivity contribution < 1.29 is 9.26 Å². The van der Waals surface area contributed by atoms with Crippen LogP contribution in [-0.4, -0.2) is 23.9 Å². The van der Waals surface area contributed by atoms with E-state index in [1.165, 1.54) is 0 Å². The molecule has 2 aromatic rings. The van der Waals surface area contributed by atoms with Gasteiger partial charge in [0.15, 0.2) is 5.82 Å². The van der Waals surface area contributed by atoms with Gasteiger partial charge >= 0.3 is 0 Å². The van der Waals surface area contributed by atoms with Crippen LogP contribution in [0.4, 0.5) is 0 Å². The molecule has 0 bridgehead atoms. The minimum Gasteiger partial charge on any atom is -0.383 e. The molecule has 0 radical (unpaired) electrons. The van der Waals surface area contributed by atoms with E-state index < -0.39 is 0 Å². The Morgan fingerprint density at radius 3 is 2.63 bits per heavy atom. The molecule has 0 saturated heterocycles. The lowest BCUT2D eigenvalue weighted by atomic mass is 9.84. The van der Waals surface area contributed by atoms with Crippen LogP contribution < -0.4 is 5.73 Å². The highest BCUT2D eigenvalue weighted by atomic mass is 16.5. The Balaban J connectivity index is 2.27. The molecule has 0 amide bonds. The van der Waals surface area contributed by atoms with Gasteiger partial charge in [-0.15, -0.1) is 0 Å². The SMILES string of the molecule is COCC(N)c1noc(C(C)(C)c2ccccc2)n1. The fourth-order valence-corrected chi connectivity index (χ4v) is 1.87. The minimum atomic E-state index is -0.367. The van der Waals surface area contributed by atoms with Gasteiger partial charge in [0.05, 0.1) is 18.1 Å². The van der Waals surface area contributed by atoms with Gasteiger partial charge in [-0.1, -0.05) is 35.5 Å². The highest BCUT2D eigenvalue weighted by Crippen LogP contribution is 2.30. The zero-order valence-electron chi connectivity index (χ0n) is 11.5. The molecular weight excluding hydrogens is 242 g/mol. The lowest BCUT2D eigenvalue weighted by molar-refractivity contribution is 0.177. The molecule has 5 nitrogen and oxygen atoms in total. The Labute approximate surface area is 112 Å². The van der Waals surface area contributed by atoms with Gasteiger partial charge < -0.3 is 15.0 Å². The van der Waals surface area contributed by atoms with Crippen LogP contribution in [0.2, 0.25) is 0 Å². The van der Waals surface area contributed by atoms with E-state index in [1.807, 2.05) is 44.2 Å². The lowest BCUT2D eigenvalue weighted by Gasteiger charge is -2.20. The number of hydrogen-bond acceptors (Lipinski definition) is 5. The Morgan fingerprint density at radius 1 is 1.32 bits per heavy atom. The molecular formula is C14H19N3O2. The second-order valence-corrected chi connectivity index (χ2v) is 5.01. The molecule has 2 N–H and O–H groups in total. The minimum absolute atomic E-state index is 0.348. The summed E-state index contributed by atoms with van der Waals surface area (Å²) in [6.45, 7) is 4.45. The zero-order chi connectivity index (χ0) is 13.9. The topological polar surface area (TPSA) is 74.2 Å². The number of ether oxygens (including phenoxy) is 1. The van der Waals surface area contributed by atoms with Crippen molar-refractivity contribution in [1.29, 1.82) is 0 Å². The molecule has 2 rings (SSSR count). The van der Waals surface area contributed by atoms with Crippen molar-refractivity contribution in [2.24, 2.45) is 5.73 Å². The fourth-order valence-electron chi connectivity index (χ4n) is 1.87. The van der Waals surface area contributed by atoms with Gasteiger partial charge in [-0.05, 0) is 19.4 Å². The quantitative estimate of drug-likeness (QED) is 0.891. The predicted octanol–water partition coefficient (Wildman–Crippen LogP) is 2.04. The van der Waals surface area contributed by atoms with E-state index in [9.17, 15) is 0 Å². The summed E-state index contributed by atoms with van der Waals surface area (Å²) < 4.78 is 10.3. The van der Waals surface area contributed by atoms with Gasteiger partial charge in [-0.25, -0.2) is 0 Å². The molecule has 1 aromatic heterocycles. The molecule has 0 saturated carbocycles. The largest absolute Gasteiger partial charge is 0.383 e. The number of aromatic nitrogens is 2. The molecule has 0 spiro atoms. The number of nitrogens with two attached hydrogens (primary N) is 1. The maximum atomic E-state index is 5.89. The molecule has 19 heavy (non-hydrogen) atoms. The number of hydrogen-bond donors (Lipinski definition) is 1. The molecule has 102 valence electrons. The number of methoxy groups -OCH3 is 1. The van der Waals surface area contributed by atoms with Crippen LogP contribution in [0.25, 0.3) is 0 Å². The maximum Gasteiger partial charge on any atom is 0.236 e. The Hall–Kier alpha value is -1.72. The lowest BCUT2D eigenvalue weighted by Crippen LogP contribution is -2.21. The van der Waals surface area contributed by atoms with E-state index in [1.54, 1.807) is 7.11 Å². The molecule has 0 aliphatic rings. The van der Waals surface area contributed by atoms with Gasteiger partial charge in [0.1, 0.15) is 0 Å². The number of benzene rings is 1. The van der Waals surface area contributed by atoms with Crippen molar-refractivity contribution in [1.82, 2.24) is 10.1 Å². The third-order valence-electron chi connectivity index (χ3n) is 3.15. The molecule has 0 fully saturated rings. The van der Waals surface area contributed by atoms with Crippen LogP contribution in [0.15, 0.2) is 34.9 Å². The van der Waals surface area contributed by atoms with Crippen LogP contribution in [0.1, 0.15) is 37.2 Å². The van der Waals surface area contributed by atoms with Crippen molar-refractivity contribution in [3.8, 4) is 0 Å². The van der Waals surface area contributed by atoms with Crippen LogP contribution in [0.3, 0.4) is 0 Å². The molecule has 1 heterocycles. The van der Waals surface area contributed by atoms with Crippen molar-refractivity contribution in [2.45, 2.75) is 25.3 Å². The molecule has 5 heteroatoms. The van der Waals surface area contributed by atoms with Gasteiger partial charge in [0, 0.05) is 7.11 Å². The van der Waals surface area contributed by atoms with E-state index >= 15 is 0 Å². The third kappa shape index (κ3) is 2.83. The normalized spacial score (nSPS) is 13.5. The third-order valence-corrected chi connectivity index (χ3v) is 3.15. The zero-order valence-corrected chi connectivity index (χ0v) is 11.5. The van der Waals surface area contributed by atoms with E-state index in [4.69, 9.17) is 15.0 Å². The van der Waals surface area contributed by atoms with Crippen molar-refractivity contribution in [3.05, 3.63) is 47.6 Å².